The van der Waals surface area contributed by atoms with Gasteiger partial charge in [-0.25, -0.2) is 4.72 Å². The second kappa shape index (κ2) is 5.33. The largest absolute Gasteiger partial charge is 0.760 e. The predicted octanol–water partition coefficient (Wildman–Crippen LogP) is -1.07. The summed E-state index contributed by atoms with van der Waals surface area (Å²) in [4.78, 5) is 10.4. The first-order valence-corrected chi connectivity index (χ1v) is 3.72. The third kappa shape index (κ3) is 5.67. The molecule has 0 aliphatic heterocycles. The van der Waals surface area contributed by atoms with Crippen LogP contribution in [0.4, 0.5) is 0 Å². The van der Waals surface area contributed by atoms with Gasteiger partial charge in [-0.1, -0.05) is 0 Å². The standard InChI is InChI=1S/C4H9NO4S/c1-2-9-4(6)3-5-10(7)8/h5H,2-3H2,1H3,(H,7,8)/p-1. The highest BCUT2D eigenvalue weighted by atomic mass is 32.2. The molecule has 0 aliphatic carbocycles. The van der Waals surface area contributed by atoms with E-state index in [1.54, 1.807) is 6.92 Å². The molecule has 0 bridgehead atoms. The van der Waals surface area contributed by atoms with Crippen LogP contribution < -0.4 is 4.72 Å². The Hall–Kier alpha value is -0.460. The normalized spacial score (nSPS) is 12.6. The second-order valence-electron chi connectivity index (χ2n) is 1.36. The fraction of sp³-hybridized carbons (Fsp3) is 0.750. The summed E-state index contributed by atoms with van der Waals surface area (Å²) in [5.74, 6) is -0.577. The third-order valence-corrected chi connectivity index (χ3v) is 1.02. The highest BCUT2D eigenvalue weighted by Gasteiger charge is 1.98. The molecule has 1 atom stereocenters. The van der Waals surface area contributed by atoms with Gasteiger partial charge in [0.05, 0.1) is 6.61 Å². The molecule has 5 nitrogen and oxygen atoms in total. The van der Waals surface area contributed by atoms with Crippen LogP contribution in [0.1, 0.15) is 6.92 Å². The highest BCUT2D eigenvalue weighted by Crippen LogP contribution is 1.74. The van der Waals surface area contributed by atoms with Crippen LogP contribution in [-0.4, -0.2) is 27.9 Å². The van der Waals surface area contributed by atoms with Crippen molar-refractivity contribution in [3.05, 3.63) is 0 Å². The molecule has 0 radical (unpaired) electrons. The summed E-state index contributed by atoms with van der Waals surface area (Å²) in [6.45, 7) is 1.60. The molecular formula is C4H8NO4S-. The lowest BCUT2D eigenvalue weighted by molar-refractivity contribution is -0.141. The second-order valence-corrected chi connectivity index (χ2v) is 2.12. The first kappa shape index (κ1) is 9.54. The summed E-state index contributed by atoms with van der Waals surface area (Å²) in [5, 5.41) is 0. The quantitative estimate of drug-likeness (QED) is 0.426. The van der Waals surface area contributed by atoms with Crippen LogP contribution in [0.25, 0.3) is 0 Å². The van der Waals surface area contributed by atoms with Crippen molar-refractivity contribution in [3.63, 3.8) is 0 Å². The summed E-state index contributed by atoms with van der Waals surface area (Å²) in [6.07, 6.45) is 0. The van der Waals surface area contributed by atoms with Gasteiger partial charge in [-0.05, 0) is 6.92 Å². The van der Waals surface area contributed by atoms with E-state index in [0.29, 0.717) is 0 Å². The Balaban J connectivity index is 3.30. The van der Waals surface area contributed by atoms with Crippen LogP contribution in [0.2, 0.25) is 0 Å². The van der Waals surface area contributed by atoms with E-state index >= 15 is 0 Å². The fourth-order valence-electron chi connectivity index (χ4n) is 0.330. The molecule has 1 N–H and O–H groups in total. The average molecular weight is 166 g/mol. The Labute approximate surface area is 61.2 Å². The molecule has 0 saturated heterocycles. The zero-order valence-electron chi connectivity index (χ0n) is 5.46. The Kier molecular flexibility index (Phi) is 5.09. The van der Waals surface area contributed by atoms with E-state index in [0.717, 1.165) is 0 Å². The number of carbonyl (C=O) groups is 1. The van der Waals surface area contributed by atoms with E-state index in [4.69, 9.17) is 0 Å². The van der Waals surface area contributed by atoms with Crippen LogP contribution in [-0.2, 0) is 20.8 Å². The van der Waals surface area contributed by atoms with Crippen LogP contribution >= 0.6 is 0 Å². The summed E-state index contributed by atoms with van der Waals surface area (Å²) in [5.41, 5.74) is 0. The molecule has 0 amide bonds. The molecule has 0 fully saturated rings. The van der Waals surface area contributed by atoms with Gasteiger partial charge in [0, 0.05) is 11.3 Å². The van der Waals surface area contributed by atoms with Crippen LogP contribution in [0.15, 0.2) is 0 Å². The maximum Gasteiger partial charge on any atom is 0.320 e. The Morgan fingerprint density at radius 3 is 2.80 bits per heavy atom. The third-order valence-electron chi connectivity index (χ3n) is 0.640. The lowest BCUT2D eigenvalue weighted by Gasteiger charge is -2.05. The van der Waals surface area contributed by atoms with E-state index in [2.05, 4.69) is 4.74 Å². The Morgan fingerprint density at radius 1 is 1.80 bits per heavy atom. The number of rotatable bonds is 4. The number of hydrogen-bond acceptors (Lipinski definition) is 4. The van der Waals surface area contributed by atoms with Gasteiger partial charge in [0.2, 0.25) is 0 Å². The maximum atomic E-state index is 10.4. The first-order valence-electron chi connectivity index (χ1n) is 2.65. The van der Waals surface area contributed by atoms with Crippen molar-refractivity contribution >= 4 is 17.2 Å². The van der Waals surface area contributed by atoms with Crippen molar-refractivity contribution in [2.24, 2.45) is 0 Å². The van der Waals surface area contributed by atoms with E-state index in [1.165, 1.54) is 0 Å². The van der Waals surface area contributed by atoms with Crippen LogP contribution in [0, 0.1) is 0 Å². The number of ether oxygens (including phenoxy) is 1. The van der Waals surface area contributed by atoms with Gasteiger partial charge in [-0.3, -0.25) is 9.00 Å². The molecule has 0 heterocycles. The number of carbonyl (C=O) groups excluding carboxylic acids is 1. The van der Waals surface area contributed by atoms with Gasteiger partial charge in [0.15, 0.2) is 0 Å². The molecule has 6 heteroatoms. The monoisotopic (exact) mass is 166 g/mol. The van der Waals surface area contributed by atoms with E-state index in [9.17, 15) is 13.6 Å². The Bertz CT molecular complexity index is 137. The van der Waals surface area contributed by atoms with Crippen LogP contribution in [0.3, 0.4) is 0 Å². The fourth-order valence-corrected chi connectivity index (χ4v) is 0.566. The van der Waals surface area contributed by atoms with Crippen molar-refractivity contribution in [2.75, 3.05) is 13.2 Å². The topological polar surface area (TPSA) is 78.5 Å². The van der Waals surface area contributed by atoms with Gasteiger partial charge in [-0.2, -0.15) is 0 Å². The molecule has 0 rings (SSSR count). The van der Waals surface area contributed by atoms with E-state index in [-0.39, 0.29) is 13.2 Å². The minimum absolute atomic E-state index is 0.256. The first-order chi connectivity index (χ1) is 4.66. The average Bonchev–Trinajstić information content (AvgIpc) is 1.85. The summed E-state index contributed by atoms with van der Waals surface area (Å²) in [6, 6.07) is 0. The van der Waals surface area contributed by atoms with Crippen LogP contribution in [0.5, 0.6) is 0 Å². The van der Waals surface area contributed by atoms with Gasteiger partial charge in [0.25, 0.3) is 0 Å². The SMILES string of the molecule is CCOC(=O)CNS(=O)[O-]. The zero-order valence-corrected chi connectivity index (χ0v) is 6.27. The maximum absolute atomic E-state index is 10.4. The molecule has 0 saturated carbocycles. The van der Waals surface area contributed by atoms with Crippen molar-refractivity contribution in [1.82, 2.24) is 4.72 Å². The smallest absolute Gasteiger partial charge is 0.320 e. The van der Waals surface area contributed by atoms with Gasteiger partial charge >= 0.3 is 5.97 Å². The van der Waals surface area contributed by atoms with Crippen molar-refractivity contribution in [1.29, 1.82) is 0 Å². The van der Waals surface area contributed by atoms with Gasteiger partial charge in [-0.15, -0.1) is 0 Å². The highest BCUT2D eigenvalue weighted by molar-refractivity contribution is 7.77. The zero-order chi connectivity index (χ0) is 7.98. The summed E-state index contributed by atoms with van der Waals surface area (Å²) >= 11 is -2.39. The lowest BCUT2D eigenvalue weighted by atomic mass is 10.7. The van der Waals surface area contributed by atoms with E-state index in [1.807, 2.05) is 4.72 Å². The van der Waals surface area contributed by atoms with Crippen molar-refractivity contribution in [2.45, 2.75) is 6.92 Å². The molecule has 0 aromatic carbocycles. The number of esters is 1. The Morgan fingerprint density at radius 2 is 2.40 bits per heavy atom. The lowest BCUT2D eigenvalue weighted by Crippen LogP contribution is -2.26. The molecule has 10 heavy (non-hydrogen) atoms. The van der Waals surface area contributed by atoms with Gasteiger partial charge < -0.3 is 9.29 Å². The number of nitrogens with one attached hydrogen (secondary N) is 1. The molecular weight excluding hydrogens is 158 g/mol. The van der Waals surface area contributed by atoms with E-state index < -0.39 is 17.2 Å². The van der Waals surface area contributed by atoms with Crippen molar-refractivity contribution < 1.29 is 18.3 Å². The molecule has 60 valence electrons. The summed E-state index contributed by atoms with van der Waals surface area (Å²) in [7, 11) is 0. The summed E-state index contributed by atoms with van der Waals surface area (Å²) < 4.78 is 25.9. The minimum Gasteiger partial charge on any atom is -0.760 e. The molecule has 1 unspecified atom stereocenters. The number of hydrogen-bond donors (Lipinski definition) is 1. The molecule has 0 aliphatic rings. The molecule has 0 aromatic heterocycles. The predicted molar refractivity (Wildman–Crippen MR) is 33.6 cm³/mol. The molecule has 0 spiro atoms. The molecule has 0 aromatic rings. The van der Waals surface area contributed by atoms with Crippen molar-refractivity contribution in [3.8, 4) is 0 Å². The van der Waals surface area contributed by atoms with Gasteiger partial charge in [0.1, 0.15) is 6.54 Å². The minimum atomic E-state index is -2.39.